The zero-order chi connectivity index (χ0) is 20.8. The lowest BCUT2D eigenvalue weighted by Crippen LogP contribution is -2.63. The van der Waals surface area contributed by atoms with Gasteiger partial charge in [-0.1, -0.05) is 72.7 Å². The molecule has 4 aliphatic rings. The van der Waals surface area contributed by atoms with Crippen molar-refractivity contribution in [2.75, 3.05) is 0 Å². The Balaban J connectivity index is 1.97. The number of rotatable bonds is 2. The molecule has 5 atom stereocenters. The third-order valence-electron chi connectivity index (χ3n) is 9.29. The van der Waals surface area contributed by atoms with Gasteiger partial charge in [-0.2, -0.15) is 0 Å². The largest absolute Gasteiger partial charge is 0.130 e. The Morgan fingerprint density at radius 2 is 1.36 bits per heavy atom. The van der Waals surface area contributed by atoms with Crippen LogP contribution in [0.3, 0.4) is 0 Å². The molecule has 5 rings (SSSR count). The first-order valence-corrected chi connectivity index (χ1v) is 12.6. The van der Waals surface area contributed by atoms with Crippen molar-refractivity contribution < 1.29 is 0 Å². The molecule has 5 unspecified atom stereocenters. The average molecular weight is 417 g/mol. The lowest BCUT2D eigenvalue weighted by molar-refractivity contribution is -0.0368. The lowest BCUT2D eigenvalue weighted by Gasteiger charge is -2.67. The van der Waals surface area contributed by atoms with E-state index in [9.17, 15) is 0 Å². The molecule has 0 radical (unpaired) electrons. The van der Waals surface area contributed by atoms with Crippen LogP contribution in [0, 0.1) is 28.6 Å². The van der Waals surface area contributed by atoms with E-state index >= 15 is 0 Å². The van der Waals surface area contributed by atoms with E-state index in [2.05, 4.69) is 91.2 Å². The van der Waals surface area contributed by atoms with Gasteiger partial charge in [0.25, 0.3) is 0 Å². The van der Waals surface area contributed by atoms with Gasteiger partial charge in [0.2, 0.25) is 0 Å². The molecule has 0 aliphatic heterocycles. The highest BCUT2D eigenvalue weighted by Crippen LogP contribution is 2.70. The molecule has 4 saturated carbocycles. The standard InChI is InChI=1S/C26H42P2/c1-22(2,3)26(28,23(4,5)6)21-11-9-8-10-20(21)25-15-17-12-18(16-25)14-19(13-17)24(25,7)27/h8-11,17-19H,12-16,27-28H2,1-7H3. The van der Waals surface area contributed by atoms with E-state index in [0.29, 0.717) is 10.6 Å². The zero-order valence-corrected chi connectivity index (χ0v) is 21.5. The summed E-state index contributed by atoms with van der Waals surface area (Å²) in [5.74, 6) is 2.77. The quantitative estimate of drug-likeness (QED) is 0.436. The van der Waals surface area contributed by atoms with E-state index < -0.39 is 0 Å². The highest BCUT2D eigenvalue weighted by atomic mass is 31.0. The fourth-order valence-corrected chi connectivity index (χ4v) is 8.89. The Morgan fingerprint density at radius 1 is 0.857 bits per heavy atom. The van der Waals surface area contributed by atoms with E-state index in [1.54, 1.807) is 11.1 Å². The van der Waals surface area contributed by atoms with Gasteiger partial charge in [0.15, 0.2) is 0 Å². The summed E-state index contributed by atoms with van der Waals surface area (Å²) in [7, 11) is 6.77. The van der Waals surface area contributed by atoms with Crippen LogP contribution in [0.1, 0.15) is 91.7 Å². The topological polar surface area (TPSA) is 0 Å². The van der Waals surface area contributed by atoms with Crippen molar-refractivity contribution >= 4 is 18.5 Å². The van der Waals surface area contributed by atoms with Gasteiger partial charge in [-0.05, 0) is 77.0 Å². The van der Waals surface area contributed by atoms with E-state index in [1.165, 1.54) is 32.1 Å². The third kappa shape index (κ3) is 2.69. The molecule has 0 saturated heterocycles. The van der Waals surface area contributed by atoms with Crippen LogP contribution in [-0.4, -0.2) is 5.16 Å². The van der Waals surface area contributed by atoms with Crippen molar-refractivity contribution in [3.8, 4) is 0 Å². The predicted molar refractivity (Wildman–Crippen MR) is 130 cm³/mol. The Labute approximate surface area is 178 Å². The number of hydrogen-bond acceptors (Lipinski definition) is 0. The molecule has 1 aromatic carbocycles. The maximum absolute atomic E-state index is 3.40. The van der Waals surface area contributed by atoms with Gasteiger partial charge in [-0.3, -0.25) is 0 Å². The molecule has 4 fully saturated rings. The minimum absolute atomic E-state index is 0.0284. The first-order chi connectivity index (χ1) is 12.7. The Bertz CT molecular complexity index is 733. The van der Waals surface area contributed by atoms with E-state index in [1.807, 2.05) is 0 Å². The van der Waals surface area contributed by atoms with Crippen molar-refractivity contribution in [1.29, 1.82) is 0 Å². The van der Waals surface area contributed by atoms with Gasteiger partial charge in [-0.25, -0.2) is 0 Å². The van der Waals surface area contributed by atoms with Gasteiger partial charge in [0.05, 0.1) is 0 Å². The molecule has 2 heteroatoms. The average Bonchev–Trinajstić information content (AvgIpc) is 2.56. The second-order valence-electron chi connectivity index (χ2n) is 12.8. The third-order valence-corrected chi connectivity index (χ3v) is 12.4. The van der Waals surface area contributed by atoms with Gasteiger partial charge in [-0.15, -0.1) is 18.5 Å². The summed E-state index contributed by atoms with van der Waals surface area (Å²) in [6.45, 7) is 17.2. The zero-order valence-electron chi connectivity index (χ0n) is 19.2. The molecular weight excluding hydrogens is 374 g/mol. The van der Waals surface area contributed by atoms with Gasteiger partial charge < -0.3 is 0 Å². The van der Waals surface area contributed by atoms with Crippen LogP contribution in [0.2, 0.25) is 0 Å². The molecule has 0 N–H and O–H groups in total. The fourth-order valence-electron chi connectivity index (χ4n) is 7.97. The molecule has 0 amide bonds. The molecule has 0 aromatic heterocycles. The summed E-state index contributed by atoms with van der Waals surface area (Å²) >= 11 is 0. The summed E-state index contributed by atoms with van der Waals surface area (Å²) in [4.78, 5) is 0. The minimum Gasteiger partial charge on any atom is -0.130 e. The number of hydrogen-bond donors (Lipinski definition) is 0. The molecule has 0 spiro atoms. The molecule has 1 aromatic rings. The van der Waals surface area contributed by atoms with Gasteiger partial charge in [0, 0.05) is 10.6 Å². The molecular formula is C26H42P2. The number of benzene rings is 1. The van der Waals surface area contributed by atoms with Crippen LogP contribution >= 0.6 is 18.5 Å². The van der Waals surface area contributed by atoms with Crippen LogP contribution in [0.15, 0.2) is 24.3 Å². The Kier molecular flexibility index (Phi) is 4.79. The Morgan fingerprint density at radius 3 is 1.86 bits per heavy atom. The van der Waals surface area contributed by atoms with Crippen LogP contribution in [-0.2, 0) is 10.6 Å². The second-order valence-corrected chi connectivity index (χ2v) is 14.8. The van der Waals surface area contributed by atoms with Crippen LogP contribution < -0.4 is 0 Å². The highest BCUT2D eigenvalue weighted by molar-refractivity contribution is 7.19. The normalized spacial score (nSPS) is 38.1. The SMILES string of the molecule is CC(C)(C)C(P)(c1ccccc1C12CC3CC(CC(C3)C1(C)P)C2)C(C)(C)C. The van der Waals surface area contributed by atoms with Crippen molar-refractivity contribution in [2.45, 2.75) is 96.3 Å². The van der Waals surface area contributed by atoms with E-state index in [4.69, 9.17) is 0 Å². The first-order valence-electron chi connectivity index (χ1n) is 11.4. The smallest absolute Gasteiger partial charge is 0.0197 e. The van der Waals surface area contributed by atoms with Gasteiger partial charge in [0.1, 0.15) is 0 Å². The molecule has 0 nitrogen and oxygen atoms in total. The second kappa shape index (κ2) is 6.30. The van der Waals surface area contributed by atoms with E-state index in [0.717, 1.165) is 17.8 Å². The van der Waals surface area contributed by atoms with Crippen molar-refractivity contribution in [2.24, 2.45) is 28.6 Å². The maximum atomic E-state index is 3.40. The minimum atomic E-state index is 0.0284. The van der Waals surface area contributed by atoms with Crippen LogP contribution in [0.5, 0.6) is 0 Å². The van der Waals surface area contributed by atoms with E-state index in [-0.39, 0.29) is 16.0 Å². The molecule has 4 aliphatic carbocycles. The predicted octanol–water partition coefficient (Wildman–Crippen LogP) is 7.56. The summed E-state index contributed by atoms with van der Waals surface area (Å²) in [5, 5.41) is 0.346. The molecule has 4 bridgehead atoms. The monoisotopic (exact) mass is 416 g/mol. The molecule has 28 heavy (non-hydrogen) atoms. The van der Waals surface area contributed by atoms with Crippen LogP contribution in [0.25, 0.3) is 0 Å². The first kappa shape index (κ1) is 21.3. The molecule has 0 heterocycles. The lowest BCUT2D eigenvalue weighted by atomic mass is 9.42. The van der Waals surface area contributed by atoms with Crippen molar-refractivity contribution in [3.63, 3.8) is 0 Å². The van der Waals surface area contributed by atoms with Crippen LogP contribution in [0.4, 0.5) is 0 Å². The maximum Gasteiger partial charge on any atom is 0.0197 e. The van der Waals surface area contributed by atoms with Crippen molar-refractivity contribution in [1.82, 2.24) is 0 Å². The summed E-state index contributed by atoms with van der Waals surface area (Å²) in [5.41, 5.74) is 3.90. The summed E-state index contributed by atoms with van der Waals surface area (Å²) in [6.07, 6.45) is 7.21. The summed E-state index contributed by atoms with van der Waals surface area (Å²) < 4.78 is 0. The summed E-state index contributed by atoms with van der Waals surface area (Å²) in [6, 6.07) is 9.59. The Hall–Kier alpha value is 0.0800. The fraction of sp³-hybridized carbons (Fsp3) is 0.769. The molecule has 156 valence electrons. The van der Waals surface area contributed by atoms with Gasteiger partial charge >= 0.3 is 0 Å². The van der Waals surface area contributed by atoms with Crippen molar-refractivity contribution in [3.05, 3.63) is 35.4 Å². The highest BCUT2D eigenvalue weighted by Gasteiger charge is 2.63.